The van der Waals surface area contributed by atoms with Crippen molar-refractivity contribution in [1.82, 2.24) is 9.88 Å². The van der Waals surface area contributed by atoms with Crippen molar-refractivity contribution in [3.63, 3.8) is 0 Å². The molecular weight excluding hydrogens is 322 g/mol. The van der Waals surface area contributed by atoms with Crippen LogP contribution in [0.15, 0.2) is 24.4 Å². The summed E-state index contributed by atoms with van der Waals surface area (Å²) in [4.78, 5) is 6.87. The van der Waals surface area contributed by atoms with Crippen LogP contribution in [0.1, 0.15) is 33.6 Å². The number of nitrogens with zero attached hydrogens (tertiary/aromatic N) is 2. The molecule has 2 rings (SSSR count). The molecule has 0 aliphatic rings. The number of hydrogen-bond acceptors (Lipinski definition) is 4. The molecule has 1 aromatic carbocycles. The minimum atomic E-state index is 0.396. The normalized spacial score (nSPS) is 12.6. The third kappa shape index (κ3) is 4.74. The number of hydrogen-bond donors (Lipinski definition) is 1. The molecule has 1 heterocycles. The molecule has 1 N–H and O–H groups in total. The summed E-state index contributed by atoms with van der Waals surface area (Å²) in [7, 11) is 1.63. The lowest BCUT2D eigenvalue weighted by Crippen LogP contribution is -2.25. The monoisotopic (exact) mass is 349 g/mol. The Balaban J connectivity index is 2.06. The molecule has 0 amide bonds. The van der Waals surface area contributed by atoms with Crippen molar-refractivity contribution in [2.45, 2.75) is 39.7 Å². The van der Waals surface area contributed by atoms with Crippen molar-refractivity contribution in [3.8, 4) is 5.75 Å². The highest BCUT2D eigenvalue weighted by Gasteiger charge is 2.10. The number of anilines is 1. The van der Waals surface area contributed by atoms with Gasteiger partial charge in [0, 0.05) is 23.3 Å². The maximum atomic E-state index is 6.20. The molecule has 1 aromatic heterocycles. The molecule has 0 spiro atoms. The molecule has 0 bridgehead atoms. The van der Waals surface area contributed by atoms with Crippen LogP contribution in [0, 0.1) is 0 Å². The first-order valence-corrected chi connectivity index (χ1v) is 9.08. The van der Waals surface area contributed by atoms with Crippen LogP contribution in [0.4, 0.5) is 5.69 Å². The molecule has 2 aromatic rings. The van der Waals surface area contributed by atoms with Gasteiger partial charge in [0.1, 0.15) is 5.75 Å². The van der Waals surface area contributed by atoms with Crippen molar-refractivity contribution in [2.24, 2.45) is 0 Å². The van der Waals surface area contributed by atoms with E-state index in [2.05, 4.69) is 36.0 Å². The van der Waals surface area contributed by atoms with Crippen LogP contribution >= 0.6 is 11.6 Å². The van der Waals surface area contributed by atoms with Crippen LogP contribution in [0.5, 0.6) is 5.75 Å². The SMILES string of the molecule is CCN(CC)CCCC(C)Nc1ccnc2cc(Cl)c(OC)cc12. The number of methoxy groups -OCH3 is 1. The van der Waals surface area contributed by atoms with Gasteiger partial charge in [0.05, 0.1) is 17.6 Å². The van der Waals surface area contributed by atoms with E-state index in [1.807, 2.05) is 24.4 Å². The predicted molar refractivity (Wildman–Crippen MR) is 103 cm³/mol. The Morgan fingerprint density at radius 2 is 2.04 bits per heavy atom. The third-order valence-electron chi connectivity index (χ3n) is 4.42. The number of aromatic nitrogens is 1. The van der Waals surface area contributed by atoms with Gasteiger partial charge in [-0.05, 0) is 57.6 Å². The van der Waals surface area contributed by atoms with E-state index in [1.165, 1.54) is 6.42 Å². The molecule has 0 aliphatic heterocycles. The molecule has 0 radical (unpaired) electrons. The summed E-state index contributed by atoms with van der Waals surface area (Å²) in [6.07, 6.45) is 4.13. The smallest absolute Gasteiger partial charge is 0.138 e. The standard InChI is InChI=1S/C19H28ClN3O/c1-5-23(6-2)11-7-8-14(3)22-17-9-10-21-18-13-16(20)19(24-4)12-15(17)18/h9-10,12-14H,5-8,11H2,1-4H3,(H,21,22). The second-order valence-corrected chi connectivity index (χ2v) is 6.48. The Hall–Kier alpha value is -1.52. The van der Waals surface area contributed by atoms with E-state index in [1.54, 1.807) is 7.11 Å². The molecule has 1 unspecified atom stereocenters. The Labute approximate surface area is 150 Å². The molecule has 1 atom stereocenters. The maximum absolute atomic E-state index is 6.20. The molecule has 0 aliphatic carbocycles. The Bertz CT molecular complexity index is 658. The first-order valence-electron chi connectivity index (χ1n) is 8.70. The molecule has 4 nitrogen and oxygen atoms in total. The lowest BCUT2D eigenvalue weighted by atomic mass is 10.1. The molecule has 0 fully saturated rings. The van der Waals surface area contributed by atoms with Crippen molar-refractivity contribution >= 4 is 28.2 Å². The van der Waals surface area contributed by atoms with Gasteiger partial charge in [-0.2, -0.15) is 0 Å². The van der Waals surface area contributed by atoms with Gasteiger partial charge in [0.15, 0.2) is 0 Å². The summed E-state index contributed by atoms with van der Waals surface area (Å²) in [5.74, 6) is 0.675. The number of rotatable bonds is 9. The molecule has 132 valence electrons. The minimum absolute atomic E-state index is 0.396. The van der Waals surface area contributed by atoms with Crippen molar-refractivity contribution < 1.29 is 4.74 Å². The van der Waals surface area contributed by atoms with E-state index in [4.69, 9.17) is 16.3 Å². The van der Waals surface area contributed by atoms with Gasteiger partial charge in [-0.1, -0.05) is 25.4 Å². The van der Waals surface area contributed by atoms with E-state index < -0.39 is 0 Å². The molecule has 0 saturated heterocycles. The fourth-order valence-corrected chi connectivity index (χ4v) is 3.16. The lowest BCUT2D eigenvalue weighted by molar-refractivity contribution is 0.295. The fourth-order valence-electron chi connectivity index (χ4n) is 2.93. The number of fused-ring (bicyclic) bond motifs is 1. The largest absolute Gasteiger partial charge is 0.495 e. The fraction of sp³-hybridized carbons (Fsp3) is 0.526. The zero-order chi connectivity index (χ0) is 17.5. The minimum Gasteiger partial charge on any atom is -0.495 e. The van der Waals surface area contributed by atoms with Gasteiger partial charge in [-0.3, -0.25) is 4.98 Å². The molecule has 5 heteroatoms. The molecule has 24 heavy (non-hydrogen) atoms. The van der Waals surface area contributed by atoms with Crippen molar-refractivity contribution in [3.05, 3.63) is 29.4 Å². The average molecular weight is 350 g/mol. The summed E-state index contributed by atoms with van der Waals surface area (Å²) >= 11 is 6.20. The van der Waals surface area contributed by atoms with Gasteiger partial charge in [0.2, 0.25) is 0 Å². The first-order chi connectivity index (χ1) is 11.6. The highest BCUT2D eigenvalue weighted by molar-refractivity contribution is 6.32. The Morgan fingerprint density at radius 3 is 2.71 bits per heavy atom. The summed E-state index contributed by atoms with van der Waals surface area (Å²) in [6.45, 7) is 10.0. The number of pyridine rings is 1. The first kappa shape index (κ1) is 18.8. The highest BCUT2D eigenvalue weighted by atomic mass is 35.5. The van der Waals surface area contributed by atoms with Crippen LogP contribution in [-0.4, -0.2) is 42.7 Å². The summed E-state index contributed by atoms with van der Waals surface area (Å²) < 4.78 is 5.34. The Kier molecular flexibility index (Phi) is 7.13. The van der Waals surface area contributed by atoms with Crippen LogP contribution in [0.3, 0.4) is 0 Å². The van der Waals surface area contributed by atoms with Gasteiger partial charge in [0.25, 0.3) is 0 Å². The van der Waals surface area contributed by atoms with E-state index >= 15 is 0 Å². The van der Waals surface area contributed by atoms with Crippen molar-refractivity contribution in [2.75, 3.05) is 32.1 Å². The third-order valence-corrected chi connectivity index (χ3v) is 4.72. The topological polar surface area (TPSA) is 37.4 Å². The van der Waals surface area contributed by atoms with E-state index in [0.717, 1.165) is 42.6 Å². The molecule has 0 saturated carbocycles. The highest BCUT2D eigenvalue weighted by Crippen LogP contribution is 2.32. The summed E-state index contributed by atoms with van der Waals surface area (Å²) in [5, 5.41) is 5.23. The quantitative estimate of drug-likeness (QED) is 0.704. The number of nitrogens with one attached hydrogen (secondary N) is 1. The number of benzene rings is 1. The zero-order valence-corrected chi connectivity index (χ0v) is 15.9. The van der Waals surface area contributed by atoms with Gasteiger partial charge in [-0.15, -0.1) is 0 Å². The number of ether oxygens (including phenoxy) is 1. The van der Waals surface area contributed by atoms with Gasteiger partial charge < -0.3 is 15.0 Å². The maximum Gasteiger partial charge on any atom is 0.138 e. The van der Waals surface area contributed by atoms with Crippen LogP contribution < -0.4 is 10.1 Å². The summed E-state index contributed by atoms with van der Waals surface area (Å²) in [5.41, 5.74) is 1.95. The van der Waals surface area contributed by atoms with Gasteiger partial charge >= 0.3 is 0 Å². The van der Waals surface area contributed by atoms with Gasteiger partial charge in [-0.25, -0.2) is 0 Å². The van der Waals surface area contributed by atoms with Crippen LogP contribution in [-0.2, 0) is 0 Å². The second-order valence-electron chi connectivity index (χ2n) is 6.08. The van der Waals surface area contributed by atoms with E-state index in [0.29, 0.717) is 16.8 Å². The Morgan fingerprint density at radius 1 is 1.29 bits per heavy atom. The average Bonchev–Trinajstić information content (AvgIpc) is 2.58. The predicted octanol–water partition coefficient (Wildman–Crippen LogP) is 4.82. The van der Waals surface area contributed by atoms with Crippen molar-refractivity contribution in [1.29, 1.82) is 0 Å². The summed E-state index contributed by atoms with van der Waals surface area (Å²) in [6, 6.07) is 6.21. The van der Waals surface area contributed by atoms with Crippen LogP contribution in [0.25, 0.3) is 10.9 Å². The molecular formula is C19H28ClN3O. The zero-order valence-electron chi connectivity index (χ0n) is 15.1. The van der Waals surface area contributed by atoms with Crippen LogP contribution in [0.2, 0.25) is 5.02 Å². The second kappa shape index (κ2) is 9.09. The van der Waals surface area contributed by atoms with E-state index in [-0.39, 0.29) is 0 Å². The lowest BCUT2D eigenvalue weighted by Gasteiger charge is -2.21. The van der Waals surface area contributed by atoms with E-state index in [9.17, 15) is 0 Å². The number of halogens is 1.